The maximum atomic E-state index is 13.6. The standard InChI is InChI=1S/C27H35N3O2/c1-7-9-18-29(26(32)27(4,5)6)19(3)24-28-23-13-11-10-12-22(23)25(31)30(24)21-16-14-20(8-2)15-17-21/h10-17,19H,7-9,18H2,1-6H3. The van der Waals surface area contributed by atoms with Gasteiger partial charge in [-0.1, -0.05) is 65.3 Å². The number of hydrogen-bond acceptors (Lipinski definition) is 3. The summed E-state index contributed by atoms with van der Waals surface area (Å²) in [5.74, 6) is 0.653. The number of aryl methyl sites for hydroxylation is 1. The molecular formula is C27H35N3O2. The highest BCUT2D eigenvalue weighted by atomic mass is 16.2. The SMILES string of the molecule is CCCCN(C(=O)C(C)(C)C)C(C)c1nc2ccccc2c(=O)n1-c1ccc(CC)cc1. The Labute approximate surface area is 191 Å². The average Bonchev–Trinajstić information content (AvgIpc) is 2.78. The Kier molecular flexibility index (Phi) is 7.17. The fourth-order valence-corrected chi connectivity index (χ4v) is 3.93. The first-order valence-corrected chi connectivity index (χ1v) is 11.6. The Morgan fingerprint density at radius 2 is 1.72 bits per heavy atom. The van der Waals surface area contributed by atoms with Crippen LogP contribution in [0.25, 0.3) is 16.6 Å². The fourth-order valence-electron chi connectivity index (χ4n) is 3.93. The van der Waals surface area contributed by atoms with Crippen molar-refractivity contribution in [1.82, 2.24) is 14.5 Å². The van der Waals surface area contributed by atoms with Crippen molar-refractivity contribution in [1.29, 1.82) is 0 Å². The van der Waals surface area contributed by atoms with Gasteiger partial charge in [0.1, 0.15) is 5.82 Å². The second kappa shape index (κ2) is 9.68. The van der Waals surface area contributed by atoms with Crippen LogP contribution < -0.4 is 5.56 Å². The topological polar surface area (TPSA) is 55.2 Å². The van der Waals surface area contributed by atoms with E-state index in [1.54, 1.807) is 4.57 Å². The second-order valence-corrected chi connectivity index (χ2v) is 9.43. The van der Waals surface area contributed by atoms with Gasteiger partial charge in [0, 0.05) is 12.0 Å². The number of fused-ring (bicyclic) bond motifs is 1. The number of para-hydroxylation sites is 1. The summed E-state index contributed by atoms with van der Waals surface area (Å²) in [6.07, 6.45) is 2.81. The minimum Gasteiger partial charge on any atom is -0.332 e. The maximum absolute atomic E-state index is 13.6. The van der Waals surface area contributed by atoms with Gasteiger partial charge in [0.2, 0.25) is 5.91 Å². The van der Waals surface area contributed by atoms with E-state index in [9.17, 15) is 9.59 Å². The third kappa shape index (κ3) is 4.77. The van der Waals surface area contributed by atoms with Gasteiger partial charge >= 0.3 is 0 Å². The maximum Gasteiger partial charge on any atom is 0.266 e. The molecule has 0 N–H and O–H groups in total. The third-order valence-corrected chi connectivity index (χ3v) is 5.90. The summed E-state index contributed by atoms with van der Waals surface area (Å²) in [6, 6.07) is 15.1. The van der Waals surface area contributed by atoms with E-state index in [-0.39, 0.29) is 17.5 Å². The molecule has 0 spiro atoms. The predicted octanol–water partition coefficient (Wildman–Crippen LogP) is 5.68. The molecule has 0 bridgehead atoms. The molecule has 0 saturated heterocycles. The summed E-state index contributed by atoms with van der Waals surface area (Å²) < 4.78 is 1.68. The van der Waals surface area contributed by atoms with E-state index >= 15 is 0 Å². The van der Waals surface area contributed by atoms with Crippen LogP contribution in [0.1, 0.15) is 71.8 Å². The zero-order valence-electron chi connectivity index (χ0n) is 20.2. The van der Waals surface area contributed by atoms with Crippen molar-refractivity contribution in [2.24, 2.45) is 5.41 Å². The lowest BCUT2D eigenvalue weighted by Gasteiger charge is -2.35. The molecule has 3 aromatic rings. The molecule has 1 atom stereocenters. The molecule has 1 heterocycles. The molecule has 1 aromatic heterocycles. The first-order valence-electron chi connectivity index (χ1n) is 11.6. The highest BCUT2D eigenvalue weighted by Crippen LogP contribution is 2.28. The molecule has 32 heavy (non-hydrogen) atoms. The molecule has 1 unspecified atom stereocenters. The quantitative estimate of drug-likeness (QED) is 0.481. The van der Waals surface area contributed by atoms with Crippen LogP contribution in [0, 0.1) is 5.41 Å². The minimum absolute atomic E-state index is 0.0636. The highest BCUT2D eigenvalue weighted by Gasteiger charge is 2.32. The van der Waals surface area contributed by atoms with E-state index in [0.717, 1.165) is 24.9 Å². The zero-order chi connectivity index (χ0) is 23.5. The molecule has 0 aliphatic heterocycles. The van der Waals surface area contributed by atoms with Gasteiger partial charge < -0.3 is 4.90 Å². The van der Waals surface area contributed by atoms with E-state index in [1.807, 2.05) is 81.1 Å². The van der Waals surface area contributed by atoms with Crippen LogP contribution in [0.5, 0.6) is 0 Å². The average molecular weight is 434 g/mol. The van der Waals surface area contributed by atoms with E-state index in [4.69, 9.17) is 4.98 Å². The van der Waals surface area contributed by atoms with Gasteiger partial charge in [-0.05, 0) is 49.6 Å². The summed E-state index contributed by atoms with van der Waals surface area (Å²) in [6.45, 7) is 12.6. The van der Waals surface area contributed by atoms with Crippen molar-refractivity contribution >= 4 is 16.8 Å². The molecule has 2 aromatic carbocycles. The number of benzene rings is 2. The molecule has 0 aliphatic rings. The lowest BCUT2D eigenvalue weighted by Crippen LogP contribution is -2.43. The predicted molar refractivity (Wildman–Crippen MR) is 131 cm³/mol. The lowest BCUT2D eigenvalue weighted by molar-refractivity contribution is -0.142. The van der Waals surface area contributed by atoms with Crippen LogP contribution in [-0.2, 0) is 11.2 Å². The number of carbonyl (C=O) groups is 1. The van der Waals surface area contributed by atoms with Crippen molar-refractivity contribution < 1.29 is 4.79 Å². The van der Waals surface area contributed by atoms with Gasteiger partial charge in [-0.15, -0.1) is 0 Å². The summed E-state index contributed by atoms with van der Waals surface area (Å²) in [5, 5.41) is 0.574. The normalized spacial score (nSPS) is 12.7. The van der Waals surface area contributed by atoms with Crippen LogP contribution in [0.2, 0.25) is 0 Å². The molecule has 0 aliphatic carbocycles. The van der Waals surface area contributed by atoms with Gasteiger partial charge in [0.25, 0.3) is 5.56 Å². The van der Waals surface area contributed by atoms with Gasteiger partial charge in [-0.25, -0.2) is 4.98 Å². The molecule has 170 valence electrons. The van der Waals surface area contributed by atoms with Crippen molar-refractivity contribution in [3.05, 3.63) is 70.3 Å². The zero-order valence-corrected chi connectivity index (χ0v) is 20.2. The van der Waals surface area contributed by atoms with Gasteiger partial charge in [-0.3, -0.25) is 14.2 Å². The monoisotopic (exact) mass is 433 g/mol. The lowest BCUT2D eigenvalue weighted by atomic mass is 9.93. The Morgan fingerprint density at radius 1 is 1.06 bits per heavy atom. The number of aromatic nitrogens is 2. The van der Waals surface area contributed by atoms with Gasteiger partial charge in [0.05, 0.1) is 22.6 Å². The molecule has 0 saturated carbocycles. The highest BCUT2D eigenvalue weighted by molar-refractivity contribution is 5.82. The number of nitrogens with zero attached hydrogens (tertiary/aromatic N) is 3. The fraction of sp³-hybridized carbons (Fsp3) is 0.444. The Bertz CT molecular complexity index is 1140. The van der Waals surface area contributed by atoms with Crippen LogP contribution in [0.3, 0.4) is 0 Å². The van der Waals surface area contributed by atoms with Gasteiger partial charge in [-0.2, -0.15) is 0 Å². The summed E-state index contributed by atoms with van der Waals surface area (Å²) in [7, 11) is 0. The molecule has 0 fully saturated rings. The third-order valence-electron chi connectivity index (χ3n) is 5.90. The molecule has 3 rings (SSSR count). The minimum atomic E-state index is -0.521. The number of amides is 1. The smallest absolute Gasteiger partial charge is 0.266 e. The largest absolute Gasteiger partial charge is 0.332 e. The first kappa shape index (κ1) is 23.7. The van der Waals surface area contributed by atoms with Crippen molar-refractivity contribution in [3.63, 3.8) is 0 Å². The molecule has 1 amide bonds. The molecular weight excluding hydrogens is 398 g/mol. The molecule has 5 heteroatoms. The van der Waals surface area contributed by atoms with Crippen molar-refractivity contribution in [2.75, 3.05) is 6.54 Å². The summed E-state index contributed by atoms with van der Waals surface area (Å²) >= 11 is 0. The van der Waals surface area contributed by atoms with Crippen LogP contribution in [0.15, 0.2) is 53.3 Å². The van der Waals surface area contributed by atoms with Crippen LogP contribution in [-0.4, -0.2) is 26.9 Å². The summed E-state index contributed by atoms with van der Waals surface area (Å²) in [5.41, 5.74) is 2.00. The number of rotatable bonds is 7. The van der Waals surface area contributed by atoms with Crippen LogP contribution in [0.4, 0.5) is 0 Å². The van der Waals surface area contributed by atoms with E-state index < -0.39 is 5.41 Å². The van der Waals surface area contributed by atoms with Crippen molar-refractivity contribution in [2.45, 2.75) is 66.8 Å². The van der Waals surface area contributed by atoms with E-state index in [2.05, 4.69) is 13.8 Å². The molecule has 5 nitrogen and oxygen atoms in total. The molecule has 0 radical (unpaired) electrons. The first-order chi connectivity index (χ1) is 15.2. The number of unbranched alkanes of at least 4 members (excludes halogenated alkanes) is 1. The Morgan fingerprint density at radius 3 is 2.31 bits per heavy atom. The van der Waals surface area contributed by atoms with Crippen molar-refractivity contribution in [3.8, 4) is 5.69 Å². The number of carbonyl (C=O) groups excluding carboxylic acids is 1. The second-order valence-electron chi connectivity index (χ2n) is 9.43. The Balaban J connectivity index is 2.24. The number of hydrogen-bond donors (Lipinski definition) is 0. The van der Waals surface area contributed by atoms with E-state index in [0.29, 0.717) is 23.3 Å². The van der Waals surface area contributed by atoms with E-state index in [1.165, 1.54) is 5.56 Å². The Hall–Kier alpha value is -2.95. The van der Waals surface area contributed by atoms with Gasteiger partial charge in [0.15, 0.2) is 0 Å². The van der Waals surface area contributed by atoms with Crippen LogP contribution >= 0.6 is 0 Å². The summed E-state index contributed by atoms with van der Waals surface area (Å²) in [4.78, 5) is 33.8.